The van der Waals surface area contributed by atoms with Crippen molar-refractivity contribution < 1.29 is 4.79 Å². The number of hydrogen-bond acceptors (Lipinski definition) is 2. The molecule has 0 atom stereocenters. The Labute approximate surface area is 142 Å². The van der Waals surface area contributed by atoms with Gasteiger partial charge in [0.15, 0.2) is 0 Å². The van der Waals surface area contributed by atoms with Gasteiger partial charge in [0.1, 0.15) is 0 Å². The fourth-order valence-corrected chi connectivity index (χ4v) is 3.77. The van der Waals surface area contributed by atoms with Gasteiger partial charge in [-0.1, -0.05) is 43.1 Å². The number of rotatable bonds is 3. The molecule has 0 bridgehead atoms. The molecule has 0 spiro atoms. The maximum absolute atomic E-state index is 12.6. The van der Waals surface area contributed by atoms with Gasteiger partial charge in [0.05, 0.1) is 21.1 Å². The number of benzene rings is 1. The molecule has 0 aliphatic heterocycles. The van der Waals surface area contributed by atoms with Crippen LogP contribution < -0.4 is 11.1 Å². The third kappa shape index (κ3) is 3.26. The molecule has 1 saturated carbocycles. The lowest BCUT2D eigenvalue weighted by atomic mass is 9.73. The van der Waals surface area contributed by atoms with E-state index in [1.807, 2.05) is 12.1 Å². The van der Waals surface area contributed by atoms with Crippen molar-refractivity contribution in [3.63, 3.8) is 0 Å². The zero-order valence-corrected chi connectivity index (χ0v) is 14.6. The van der Waals surface area contributed by atoms with Crippen molar-refractivity contribution >= 4 is 63.0 Å². The molecule has 1 aromatic rings. The van der Waals surface area contributed by atoms with Crippen LogP contribution in [0.3, 0.4) is 0 Å². The van der Waals surface area contributed by atoms with E-state index >= 15 is 0 Å². The number of nitrogens with one attached hydrogen (secondary N) is 1. The highest BCUT2D eigenvalue weighted by atomic mass is 127. The highest BCUT2D eigenvalue weighted by molar-refractivity contribution is 14.1. The molecule has 2 rings (SSSR count). The summed E-state index contributed by atoms with van der Waals surface area (Å²) in [6.07, 6.45) is 4.52. The molecule has 20 heavy (non-hydrogen) atoms. The van der Waals surface area contributed by atoms with Gasteiger partial charge in [-0.3, -0.25) is 4.79 Å². The van der Waals surface area contributed by atoms with Crippen LogP contribution >= 0.6 is 46.4 Å². The Kier molecular flexibility index (Phi) is 5.25. The van der Waals surface area contributed by atoms with Crippen LogP contribution in [0.4, 0.5) is 5.69 Å². The highest BCUT2D eigenvalue weighted by Crippen LogP contribution is 2.38. The SMILES string of the molecule is NC(=S)C1(C(=O)Nc2ccc(I)cc2Cl)CCCCC1. The van der Waals surface area contributed by atoms with E-state index in [-0.39, 0.29) is 10.9 Å². The monoisotopic (exact) mass is 422 g/mol. The van der Waals surface area contributed by atoms with Gasteiger partial charge in [0.2, 0.25) is 5.91 Å². The van der Waals surface area contributed by atoms with Gasteiger partial charge in [-0.2, -0.15) is 0 Å². The summed E-state index contributed by atoms with van der Waals surface area (Å²) in [5.74, 6) is -0.132. The topological polar surface area (TPSA) is 55.1 Å². The van der Waals surface area contributed by atoms with Gasteiger partial charge in [0, 0.05) is 3.57 Å². The molecular weight excluding hydrogens is 407 g/mol. The van der Waals surface area contributed by atoms with Gasteiger partial charge < -0.3 is 11.1 Å². The Balaban J connectivity index is 2.22. The van der Waals surface area contributed by atoms with Crippen molar-refractivity contribution in [1.82, 2.24) is 0 Å². The maximum Gasteiger partial charge on any atom is 0.237 e. The zero-order chi connectivity index (χ0) is 14.8. The molecule has 108 valence electrons. The smallest absolute Gasteiger partial charge is 0.237 e. The third-order valence-electron chi connectivity index (χ3n) is 3.79. The van der Waals surface area contributed by atoms with E-state index in [9.17, 15) is 4.79 Å². The van der Waals surface area contributed by atoms with E-state index in [1.165, 1.54) is 0 Å². The normalized spacial score (nSPS) is 17.5. The van der Waals surface area contributed by atoms with Crippen molar-refractivity contribution in [2.75, 3.05) is 5.32 Å². The third-order valence-corrected chi connectivity index (χ3v) is 5.17. The lowest BCUT2D eigenvalue weighted by Gasteiger charge is -2.34. The number of halogens is 2. The lowest BCUT2D eigenvalue weighted by Crippen LogP contribution is -2.47. The minimum atomic E-state index is -0.722. The van der Waals surface area contributed by atoms with Gasteiger partial charge in [-0.25, -0.2) is 0 Å². The maximum atomic E-state index is 12.6. The molecule has 1 aromatic carbocycles. The Morgan fingerprint density at radius 2 is 2.00 bits per heavy atom. The minimum absolute atomic E-state index is 0.132. The van der Waals surface area contributed by atoms with Crippen LogP contribution in [0, 0.1) is 8.99 Å². The van der Waals surface area contributed by atoms with E-state index in [0.717, 1.165) is 35.7 Å². The molecule has 0 radical (unpaired) electrons. The summed E-state index contributed by atoms with van der Waals surface area (Å²) in [5, 5.41) is 3.41. The first-order valence-corrected chi connectivity index (χ1v) is 8.38. The van der Waals surface area contributed by atoms with E-state index < -0.39 is 5.41 Å². The Morgan fingerprint density at radius 3 is 2.55 bits per heavy atom. The summed E-state index contributed by atoms with van der Waals surface area (Å²) in [5.41, 5.74) is 5.74. The average Bonchev–Trinajstić information content (AvgIpc) is 2.42. The average molecular weight is 423 g/mol. The molecule has 1 amide bonds. The van der Waals surface area contributed by atoms with Crippen LogP contribution in [0.1, 0.15) is 32.1 Å². The van der Waals surface area contributed by atoms with Crippen molar-refractivity contribution in [3.8, 4) is 0 Å². The highest BCUT2D eigenvalue weighted by Gasteiger charge is 2.42. The molecule has 3 nitrogen and oxygen atoms in total. The summed E-state index contributed by atoms with van der Waals surface area (Å²) in [7, 11) is 0. The first kappa shape index (κ1) is 16.0. The van der Waals surface area contributed by atoms with E-state index in [1.54, 1.807) is 6.07 Å². The van der Waals surface area contributed by atoms with Crippen molar-refractivity contribution in [2.24, 2.45) is 11.1 Å². The van der Waals surface area contributed by atoms with Gasteiger partial charge in [0.25, 0.3) is 0 Å². The number of amides is 1. The number of carbonyl (C=O) groups is 1. The lowest BCUT2D eigenvalue weighted by molar-refractivity contribution is -0.123. The quantitative estimate of drug-likeness (QED) is 0.569. The second-order valence-electron chi connectivity index (χ2n) is 5.09. The number of anilines is 1. The Hall–Kier alpha value is -0.400. The van der Waals surface area contributed by atoms with Crippen LogP contribution in [0.2, 0.25) is 5.02 Å². The summed E-state index contributed by atoms with van der Waals surface area (Å²) >= 11 is 13.5. The standard InChI is InChI=1S/C14H16ClIN2OS/c15-10-8-9(16)4-5-11(10)18-13(19)14(12(17)20)6-2-1-3-7-14/h4-5,8H,1-3,6-7H2,(H2,17,20)(H,18,19). The van der Waals surface area contributed by atoms with Crippen LogP contribution in [-0.4, -0.2) is 10.9 Å². The summed E-state index contributed by atoms with van der Waals surface area (Å²) < 4.78 is 1.02. The predicted molar refractivity (Wildman–Crippen MR) is 95.1 cm³/mol. The van der Waals surface area contributed by atoms with Gasteiger partial charge in [-0.05, 0) is 53.6 Å². The fraction of sp³-hybridized carbons (Fsp3) is 0.429. The molecular formula is C14H16ClIN2OS. The second kappa shape index (κ2) is 6.58. The van der Waals surface area contributed by atoms with E-state index in [0.29, 0.717) is 10.7 Å². The fourth-order valence-electron chi connectivity index (χ4n) is 2.57. The second-order valence-corrected chi connectivity index (χ2v) is 7.18. The molecule has 6 heteroatoms. The number of thiocarbonyl (C=S) groups is 1. The van der Waals surface area contributed by atoms with Crippen molar-refractivity contribution in [1.29, 1.82) is 0 Å². The molecule has 0 saturated heterocycles. The summed E-state index contributed by atoms with van der Waals surface area (Å²) in [6, 6.07) is 5.51. The number of carbonyl (C=O) groups excluding carboxylic acids is 1. The number of nitrogens with two attached hydrogens (primary N) is 1. The van der Waals surface area contributed by atoms with Crippen LogP contribution in [0.25, 0.3) is 0 Å². The molecule has 1 aliphatic rings. The Bertz CT molecular complexity index is 544. The van der Waals surface area contributed by atoms with Crippen LogP contribution in [-0.2, 0) is 4.79 Å². The van der Waals surface area contributed by atoms with Gasteiger partial charge in [-0.15, -0.1) is 0 Å². The summed E-state index contributed by atoms with van der Waals surface area (Å²) in [6.45, 7) is 0. The predicted octanol–water partition coefficient (Wildman–Crippen LogP) is 4.12. The van der Waals surface area contributed by atoms with Crippen LogP contribution in [0.5, 0.6) is 0 Å². The van der Waals surface area contributed by atoms with Gasteiger partial charge >= 0.3 is 0 Å². The van der Waals surface area contributed by atoms with E-state index in [2.05, 4.69) is 27.9 Å². The molecule has 1 aliphatic carbocycles. The first-order valence-electron chi connectivity index (χ1n) is 6.52. The molecule has 1 fully saturated rings. The first-order chi connectivity index (χ1) is 9.45. The molecule has 0 heterocycles. The van der Waals surface area contributed by atoms with Crippen LogP contribution in [0.15, 0.2) is 18.2 Å². The molecule has 3 N–H and O–H groups in total. The van der Waals surface area contributed by atoms with E-state index in [4.69, 9.17) is 29.6 Å². The Morgan fingerprint density at radius 1 is 1.35 bits per heavy atom. The molecule has 0 unspecified atom stereocenters. The largest absolute Gasteiger partial charge is 0.392 e. The zero-order valence-electron chi connectivity index (χ0n) is 10.9. The number of hydrogen-bond donors (Lipinski definition) is 2. The molecule has 0 aromatic heterocycles. The summed E-state index contributed by atoms with van der Waals surface area (Å²) in [4.78, 5) is 12.9. The van der Waals surface area contributed by atoms with Crippen molar-refractivity contribution in [3.05, 3.63) is 26.8 Å². The minimum Gasteiger partial charge on any atom is -0.392 e. The van der Waals surface area contributed by atoms with Crippen molar-refractivity contribution in [2.45, 2.75) is 32.1 Å².